The lowest BCUT2D eigenvalue weighted by Crippen LogP contribution is -2.16. The van der Waals surface area contributed by atoms with Gasteiger partial charge in [-0.15, -0.1) is 0 Å². The molecule has 0 heterocycles. The first-order valence-corrected chi connectivity index (χ1v) is 3.79. The molecule has 0 bridgehead atoms. The zero-order valence-electron chi connectivity index (χ0n) is 7.18. The quantitative estimate of drug-likeness (QED) is 0.448. The zero-order valence-corrected chi connectivity index (χ0v) is 7.18. The molecule has 0 saturated carbocycles. The summed E-state index contributed by atoms with van der Waals surface area (Å²) < 4.78 is 0. The van der Waals surface area contributed by atoms with Gasteiger partial charge in [-0.05, 0) is 32.9 Å². The van der Waals surface area contributed by atoms with E-state index in [0.29, 0.717) is 6.54 Å². The van der Waals surface area contributed by atoms with E-state index in [-0.39, 0.29) is 5.78 Å². The summed E-state index contributed by atoms with van der Waals surface area (Å²) in [5.74, 6) is 0.0720. The van der Waals surface area contributed by atoms with Gasteiger partial charge in [0, 0.05) is 12.2 Å². The van der Waals surface area contributed by atoms with Crippen LogP contribution in [0.4, 0.5) is 0 Å². The Labute approximate surface area is 67.7 Å². The lowest BCUT2D eigenvalue weighted by molar-refractivity contribution is -0.112. The molecule has 3 heteroatoms. The number of rotatable bonds is 5. The van der Waals surface area contributed by atoms with Crippen LogP contribution >= 0.6 is 0 Å². The number of hydrogen-bond acceptors (Lipinski definition) is 3. The Kier molecular flexibility index (Phi) is 5.47. The molecular formula is C8H16N2O. The zero-order chi connectivity index (χ0) is 8.69. The lowest BCUT2D eigenvalue weighted by atomic mass is 10.3. The molecule has 3 nitrogen and oxygen atoms in total. The maximum absolute atomic E-state index is 10.5. The van der Waals surface area contributed by atoms with Crippen molar-refractivity contribution in [1.29, 1.82) is 0 Å². The van der Waals surface area contributed by atoms with E-state index in [1.165, 1.54) is 6.92 Å². The molecule has 0 rings (SSSR count). The average Bonchev–Trinajstić information content (AvgIpc) is 1.86. The third-order valence-corrected chi connectivity index (χ3v) is 1.20. The molecule has 0 aliphatic carbocycles. The molecule has 0 aliphatic heterocycles. The highest BCUT2D eigenvalue weighted by atomic mass is 16.1. The monoisotopic (exact) mass is 156 g/mol. The second-order valence-corrected chi connectivity index (χ2v) is 2.51. The molecular weight excluding hydrogens is 140 g/mol. The Balaban J connectivity index is 3.51. The van der Waals surface area contributed by atoms with E-state index in [9.17, 15) is 4.79 Å². The van der Waals surface area contributed by atoms with E-state index in [1.807, 2.05) is 6.92 Å². The van der Waals surface area contributed by atoms with Crippen LogP contribution in [0.2, 0.25) is 0 Å². The largest absolute Gasteiger partial charge is 0.388 e. The van der Waals surface area contributed by atoms with Crippen LogP contribution in [-0.4, -0.2) is 18.9 Å². The summed E-state index contributed by atoms with van der Waals surface area (Å²) in [6, 6.07) is 0. The van der Waals surface area contributed by atoms with Crippen LogP contribution in [0, 0.1) is 0 Å². The number of allylic oxidation sites excluding steroid dienone is 2. The van der Waals surface area contributed by atoms with E-state index in [2.05, 4.69) is 5.32 Å². The standard InChI is InChI=1S/C8H16N2O/c1-7(6-8(2)11)10-5-3-4-9/h6,10H,3-5,9H2,1-2H3/b7-6+. The average molecular weight is 156 g/mol. The SMILES string of the molecule is CC(=O)/C=C(\C)NCCCN. The van der Waals surface area contributed by atoms with Crippen LogP contribution in [0.1, 0.15) is 20.3 Å². The molecule has 3 N–H and O–H groups in total. The van der Waals surface area contributed by atoms with Gasteiger partial charge < -0.3 is 11.1 Å². The van der Waals surface area contributed by atoms with E-state index in [0.717, 1.165) is 18.7 Å². The molecule has 0 unspecified atom stereocenters. The van der Waals surface area contributed by atoms with Crippen molar-refractivity contribution in [3.05, 3.63) is 11.8 Å². The molecule has 0 spiro atoms. The minimum Gasteiger partial charge on any atom is -0.388 e. The first-order chi connectivity index (χ1) is 5.16. The highest BCUT2D eigenvalue weighted by Gasteiger charge is 1.89. The number of carbonyl (C=O) groups excluding carboxylic acids is 1. The van der Waals surface area contributed by atoms with Gasteiger partial charge in [0.25, 0.3) is 0 Å². The van der Waals surface area contributed by atoms with Crippen LogP contribution in [0.5, 0.6) is 0 Å². The minimum absolute atomic E-state index is 0.0720. The minimum atomic E-state index is 0.0720. The summed E-state index contributed by atoms with van der Waals surface area (Å²) in [7, 11) is 0. The second kappa shape index (κ2) is 5.92. The Hall–Kier alpha value is -0.830. The number of hydrogen-bond donors (Lipinski definition) is 2. The van der Waals surface area contributed by atoms with E-state index in [1.54, 1.807) is 6.08 Å². The van der Waals surface area contributed by atoms with Crippen LogP contribution in [0.15, 0.2) is 11.8 Å². The van der Waals surface area contributed by atoms with Gasteiger partial charge in [-0.25, -0.2) is 0 Å². The molecule has 0 aromatic rings. The molecule has 11 heavy (non-hydrogen) atoms. The highest BCUT2D eigenvalue weighted by Crippen LogP contribution is 1.86. The van der Waals surface area contributed by atoms with Crippen molar-refractivity contribution in [2.75, 3.05) is 13.1 Å². The maximum Gasteiger partial charge on any atom is 0.154 e. The topological polar surface area (TPSA) is 55.1 Å². The predicted molar refractivity (Wildman–Crippen MR) is 46.1 cm³/mol. The maximum atomic E-state index is 10.5. The summed E-state index contributed by atoms with van der Waals surface area (Å²) in [5.41, 5.74) is 6.20. The van der Waals surface area contributed by atoms with Crippen molar-refractivity contribution >= 4 is 5.78 Å². The fourth-order valence-corrected chi connectivity index (χ4v) is 0.744. The van der Waals surface area contributed by atoms with Crippen molar-refractivity contribution in [3.63, 3.8) is 0 Å². The number of carbonyl (C=O) groups is 1. The first kappa shape index (κ1) is 10.2. The van der Waals surface area contributed by atoms with E-state index < -0.39 is 0 Å². The second-order valence-electron chi connectivity index (χ2n) is 2.51. The normalized spacial score (nSPS) is 11.4. The molecule has 0 radical (unpaired) electrons. The summed E-state index contributed by atoms with van der Waals surface area (Å²) in [6.07, 6.45) is 2.51. The van der Waals surface area contributed by atoms with Gasteiger partial charge in [-0.1, -0.05) is 0 Å². The third-order valence-electron chi connectivity index (χ3n) is 1.20. The lowest BCUT2D eigenvalue weighted by Gasteiger charge is -2.03. The van der Waals surface area contributed by atoms with Gasteiger partial charge in [-0.3, -0.25) is 4.79 Å². The molecule has 0 aromatic heterocycles. The summed E-state index contributed by atoms with van der Waals surface area (Å²) in [5, 5.41) is 3.08. The Bertz CT molecular complexity index is 152. The van der Waals surface area contributed by atoms with Crippen molar-refractivity contribution in [2.24, 2.45) is 5.73 Å². The van der Waals surface area contributed by atoms with Crippen LogP contribution in [0.3, 0.4) is 0 Å². The highest BCUT2D eigenvalue weighted by molar-refractivity contribution is 5.87. The fourth-order valence-electron chi connectivity index (χ4n) is 0.744. The van der Waals surface area contributed by atoms with Gasteiger partial charge in [0.05, 0.1) is 0 Å². The van der Waals surface area contributed by atoms with E-state index >= 15 is 0 Å². The molecule has 64 valence electrons. The smallest absolute Gasteiger partial charge is 0.154 e. The fraction of sp³-hybridized carbons (Fsp3) is 0.625. The molecule has 0 atom stereocenters. The van der Waals surface area contributed by atoms with Gasteiger partial charge in [0.2, 0.25) is 0 Å². The van der Waals surface area contributed by atoms with Gasteiger partial charge >= 0.3 is 0 Å². The van der Waals surface area contributed by atoms with Crippen LogP contribution in [0.25, 0.3) is 0 Å². The molecule has 0 aromatic carbocycles. The van der Waals surface area contributed by atoms with Gasteiger partial charge in [0.1, 0.15) is 0 Å². The van der Waals surface area contributed by atoms with Crippen molar-refractivity contribution < 1.29 is 4.79 Å². The molecule has 0 aliphatic rings. The summed E-state index contributed by atoms with van der Waals surface area (Å²) in [6.45, 7) is 4.93. The Morgan fingerprint density at radius 2 is 2.18 bits per heavy atom. The number of nitrogens with two attached hydrogens (primary N) is 1. The number of ketones is 1. The van der Waals surface area contributed by atoms with Crippen molar-refractivity contribution in [1.82, 2.24) is 5.32 Å². The van der Waals surface area contributed by atoms with Gasteiger partial charge in [-0.2, -0.15) is 0 Å². The van der Waals surface area contributed by atoms with Crippen molar-refractivity contribution in [2.45, 2.75) is 20.3 Å². The summed E-state index contributed by atoms with van der Waals surface area (Å²) in [4.78, 5) is 10.5. The molecule has 0 fully saturated rings. The predicted octanol–water partition coefficient (Wildman–Crippen LogP) is 0.418. The Morgan fingerprint density at radius 3 is 2.64 bits per heavy atom. The van der Waals surface area contributed by atoms with Gasteiger partial charge in [0.15, 0.2) is 5.78 Å². The van der Waals surface area contributed by atoms with Crippen molar-refractivity contribution in [3.8, 4) is 0 Å². The first-order valence-electron chi connectivity index (χ1n) is 3.79. The molecule has 0 saturated heterocycles. The van der Waals surface area contributed by atoms with Crippen LogP contribution in [-0.2, 0) is 4.79 Å². The van der Waals surface area contributed by atoms with Crippen LogP contribution < -0.4 is 11.1 Å². The Morgan fingerprint density at radius 1 is 1.55 bits per heavy atom. The third kappa shape index (κ3) is 7.06. The molecule has 0 amide bonds. The van der Waals surface area contributed by atoms with E-state index in [4.69, 9.17) is 5.73 Å². The number of nitrogens with one attached hydrogen (secondary N) is 1. The summed E-state index contributed by atoms with van der Waals surface area (Å²) >= 11 is 0.